The maximum absolute atomic E-state index is 12.6. The first-order valence-corrected chi connectivity index (χ1v) is 9.74. The van der Waals surface area contributed by atoms with Crippen molar-refractivity contribution in [2.24, 2.45) is 0 Å². The van der Waals surface area contributed by atoms with Gasteiger partial charge in [0.25, 0.3) is 5.91 Å². The molecular weight excluding hydrogens is 388 g/mol. The molecule has 1 aromatic carbocycles. The van der Waals surface area contributed by atoms with E-state index in [0.717, 1.165) is 22.6 Å². The second-order valence-corrected chi connectivity index (χ2v) is 7.57. The van der Waals surface area contributed by atoms with Gasteiger partial charge in [0, 0.05) is 12.4 Å². The minimum Gasteiger partial charge on any atom is -0.344 e. The summed E-state index contributed by atoms with van der Waals surface area (Å²) in [5.74, 6) is 0.776. The SMILES string of the molecule is Cc1nc(C(=O)NCc2cn3cc(Cl)ccc3n2)nn1-c1ccccc1C(C)C. The molecule has 1 amide bonds. The highest BCUT2D eigenvalue weighted by Gasteiger charge is 2.17. The van der Waals surface area contributed by atoms with E-state index in [0.29, 0.717) is 16.8 Å². The van der Waals surface area contributed by atoms with Crippen LogP contribution in [-0.2, 0) is 6.54 Å². The number of pyridine rings is 1. The first-order valence-electron chi connectivity index (χ1n) is 9.36. The van der Waals surface area contributed by atoms with Gasteiger partial charge in [-0.2, -0.15) is 0 Å². The second kappa shape index (κ2) is 7.67. The van der Waals surface area contributed by atoms with E-state index in [1.807, 2.05) is 41.8 Å². The maximum Gasteiger partial charge on any atom is 0.291 e. The molecule has 3 aromatic heterocycles. The number of carbonyl (C=O) groups excluding carboxylic acids is 1. The Bertz CT molecular complexity index is 1190. The van der Waals surface area contributed by atoms with E-state index in [4.69, 9.17) is 11.6 Å². The normalized spacial score (nSPS) is 11.3. The molecule has 0 bridgehead atoms. The van der Waals surface area contributed by atoms with Crippen molar-refractivity contribution in [1.82, 2.24) is 29.5 Å². The Balaban J connectivity index is 1.53. The third-order valence-electron chi connectivity index (χ3n) is 4.65. The molecular formula is C21H21ClN6O. The van der Waals surface area contributed by atoms with Gasteiger partial charge in [0.2, 0.25) is 5.82 Å². The van der Waals surface area contributed by atoms with Crippen LogP contribution in [0.1, 0.15) is 47.5 Å². The van der Waals surface area contributed by atoms with Crippen LogP contribution in [0, 0.1) is 6.92 Å². The summed E-state index contributed by atoms with van der Waals surface area (Å²) in [7, 11) is 0. The van der Waals surface area contributed by atoms with Crippen molar-refractivity contribution in [3.63, 3.8) is 0 Å². The number of rotatable bonds is 5. The highest BCUT2D eigenvalue weighted by Crippen LogP contribution is 2.23. The summed E-state index contributed by atoms with van der Waals surface area (Å²) in [5.41, 5.74) is 3.57. The highest BCUT2D eigenvalue weighted by molar-refractivity contribution is 6.30. The number of halogens is 1. The van der Waals surface area contributed by atoms with Crippen molar-refractivity contribution in [3.05, 3.63) is 76.7 Å². The van der Waals surface area contributed by atoms with E-state index in [9.17, 15) is 4.79 Å². The fraction of sp³-hybridized carbons (Fsp3) is 0.238. The quantitative estimate of drug-likeness (QED) is 0.542. The molecule has 3 heterocycles. The fourth-order valence-electron chi connectivity index (χ4n) is 3.24. The lowest BCUT2D eigenvalue weighted by Gasteiger charge is -2.12. The molecule has 1 N–H and O–H groups in total. The number of para-hydroxylation sites is 1. The number of benzene rings is 1. The van der Waals surface area contributed by atoms with Gasteiger partial charge in [0.1, 0.15) is 11.5 Å². The topological polar surface area (TPSA) is 77.1 Å². The Hall–Kier alpha value is -3.19. The summed E-state index contributed by atoms with van der Waals surface area (Å²) in [6.45, 7) is 6.36. The van der Waals surface area contributed by atoms with Crippen LogP contribution in [0.2, 0.25) is 5.02 Å². The third kappa shape index (κ3) is 3.86. The first-order chi connectivity index (χ1) is 13.9. The molecule has 148 valence electrons. The van der Waals surface area contributed by atoms with Gasteiger partial charge in [-0.15, -0.1) is 5.10 Å². The molecule has 0 aliphatic carbocycles. The van der Waals surface area contributed by atoms with Gasteiger partial charge in [0.15, 0.2) is 0 Å². The van der Waals surface area contributed by atoms with Gasteiger partial charge in [-0.05, 0) is 36.6 Å². The molecule has 0 radical (unpaired) electrons. The van der Waals surface area contributed by atoms with Crippen LogP contribution < -0.4 is 5.32 Å². The fourth-order valence-corrected chi connectivity index (χ4v) is 3.40. The molecule has 29 heavy (non-hydrogen) atoms. The van der Waals surface area contributed by atoms with E-state index in [-0.39, 0.29) is 18.3 Å². The van der Waals surface area contributed by atoms with E-state index in [1.165, 1.54) is 0 Å². The molecule has 0 saturated heterocycles. The van der Waals surface area contributed by atoms with Crippen molar-refractivity contribution < 1.29 is 4.79 Å². The Labute approximate surface area is 173 Å². The highest BCUT2D eigenvalue weighted by atomic mass is 35.5. The van der Waals surface area contributed by atoms with Crippen molar-refractivity contribution in [1.29, 1.82) is 0 Å². The molecule has 7 nitrogen and oxygen atoms in total. The molecule has 0 spiro atoms. The van der Waals surface area contributed by atoms with Crippen LogP contribution in [0.4, 0.5) is 0 Å². The lowest BCUT2D eigenvalue weighted by Crippen LogP contribution is -2.24. The number of carbonyl (C=O) groups is 1. The Morgan fingerprint density at radius 1 is 1.14 bits per heavy atom. The number of fused-ring (bicyclic) bond motifs is 1. The van der Waals surface area contributed by atoms with E-state index >= 15 is 0 Å². The summed E-state index contributed by atoms with van der Waals surface area (Å²) in [6.07, 6.45) is 3.60. The smallest absolute Gasteiger partial charge is 0.291 e. The lowest BCUT2D eigenvalue weighted by molar-refractivity contribution is 0.0940. The summed E-state index contributed by atoms with van der Waals surface area (Å²) in [5, 5.41) is 7.90. The van der Waals surface area contributed by atoms with Crippen LogP contribution in [0.5, 0.6) is 0 Å². The number of nitrogens with zero attached hydrogens (tertiary/aromatic N) is 5. The van der Waals surface area contributed by atoms with Crippen LogP contribution in [-0.4, -0.2) is 30.1 Å². The average molecular weight is 409 g/mol. The van der Waals surface area contributed by atoms with Gasteiger partial charge in [-0.1, -0.05) is 43.6 Å². The Morgan fingerprint density at radius 3 is 2.72 bits per heavy atom. The van der Waals surface area contributed by atoms with Gasteiger partial charge < -0.3 is 9.72 Å². The number of nitrogens with one attached hydrogen (secondary N) is 1. The number of imidazole rings is 1. The number of hydrogen-bond acceptors (Lipinski definition) is 4. The number of aryl methyl sites for hydroxylation is 1. The molecule has 8 heteroatoms. The molecule has 0 fully saturated rings. The summed E-state index contributed by atoms with van der Waals surface area (Å²) in [4.78, 5) is 21.4. The first kappa shape index (κ1) is 19.1. The molecule has 0 saturated carbocycles. The monoisotopic (exact) mass is 408 g/mol. The molecule has 0 aliphatic rings. The van der Waals surface area contributed by atoms with E-state index in [2.05, 4.69) is 40.3 Å². The molecule has 0 unspecified atom stereocenters. The van der Waals surface area contributed by atoms with Gasteiger partial charge in [-0.25, -0.2) is 14.6 Å². The largest absolute Gasteiger partial charge is 0.344 e. The van der Waals surface area contributed by atoms with Crippen molar-refractivity contribution in [3.8, 4) is 5.69 Å². The minimum atomic E-state index is -0.344. The van der Waals surface area contributed by atoms with Gasteiger partial charge in [-0.3, -0.25) is 4.79 Å². The zero-order valence-electron chi connectivity index (χ0n) is 16.4. The predicted molar refractivity (Wildman–Crippen MR) is 112 cm³/mol. The summed E-state index contributed by atoms with van der Waals surface area (Å²) in [6, 6.07) is 11.6. The number of hydrogen-bond donors (Lipinski definition) is 1. The van der Waals surface area contributed by atoms with Crippen molar-refractivity contribution in [2.45, 2.75) is 33.2 Å². The molecule has 4 aromatic rings. The van der Waals surface area contributed by atoms with Crippen molar-refractivity contribution >= 4 is 23.2 Å². The standard InChI is InChI=1S/C21H21ClN6O/c1-13(2)17-6-4-5-7-18(17)28-14(3)24-20(26-28)21(29)23-10-16-12-27-11-15(22)8-9-19(27)25-16/h4-9,11-13H,10H2,1-3H3,(H,23,29). The van der Waals surface area contributed by atoms with E-state index < -0.39 is 0 Å². The van der Waals surface area contributed by atoms with Crippen LogP contribution >= 0.6 is 11.6 Å². The summed E-state index contributed by atoms with van der Waals surface area (Å²) < 4.78 is 3.54. The van der Waals surface area contributed by atoms with Crippen molar-refractivity contribution in [2.75, 3.05) is 0 Å². The Morgan fingerprint density at radius 2 is 1.93 bits per heavy atom. The lowest BCUT2D eigenvalue weighted by atomic mass is 10.0. The Kier molecular flexibility index (Phi) is 5.07. The predicted octanol–water partition coefficient (Wildman–Crippen LogP) is 3.93. The van der Waals surface area contributed by atoms with Crippen LogP contribution in [0.15, 0.2) is 48.8 Å². The molecule has 0 atom stereocenters. The number of amides is 1. The second-order valence-electron chi connectivity index (χ2n) is 7.14. The van der Waals surface area contributed by atoms with Gasteiger partial charge >= 0.3 is 0 Å². The van der Waals surface area contributed by atoms with Crippen LogP contribution in [0.3, 0.4) is 0 Å². The van der Waals surface area contributed by atoms with E-state index in [1.54, 1.807) is 16.9 Å². The third-order valence-corrected chi connectivity index (χ3v) is 4.88. The maximum atomic E-state index is 12.6. The van der Waals surface area contributed by atoms with Crippen LogP contribution in [0.25, 0.3) is 11.3 Å². The zero-order chi connectivity index (χ0) is 20.5. The zero-order valence-corrected chi connectivity index (χ0v) is 17.2. The van der Waals surface area contributed by atoms with Gasteiger partial charge in [0.05, 0.1) is 22.9 Å². The molecule has 0 aliphatic heterocycles. The summed E-state index contributed by atoms with van der Waals surface area (Å²) >= 11 is 6.00. The minimum absolute atomic E-state index is 0.132. The molecule has 4 rings (SSSR count). The number of aromatic nitrogens is 5. The average Bonchev–Trinajstić information content (AvgIpc) is 3.28.